The highest BCUT2D eigenvalue weighted by Gasteiger charge is 2.32. The van der Waals surface area contributed by atoms with E-state index in [-0.39, 0.29) is 23.4 Å². The summed E-state index contributed by atoms with van der Waals surface area (Å²) in [5, 5.41) is 13.6. The Morgan fingerprint density at radius 3 is 2.87 bits per heavy atom. The molecule has 4 rings (SSSR count). The number of para-hydroxylation sites is 1. The number of hydrogen-bond donors (Lipinski definition) is 1. The number of carbonyl (C=O) groups is 1. The summed E-state index contributed by atoms with van der Waals surface area (Å²) in [5.41, 5.74) is 2.20. The third-order valence-electron chi connectivity index (χ3n) is 5.90. The van der Waals surface area contributed by atoms with Crippen molar-refractivity contribution in [2.45, 2.75) is 46.6 Å². The van der Waals surface area contributed by atoms with Gasteiger partial charge in [-0.3, -0.25) is 14.2 Å². The fourth-order valence-corrected chi connectivity index (χ4v) is 5.37. The molecule has 0 bridgehead atoms. The van der Waals surface area contributed by atoms with Crippen molar-refractivity contribution in [1.29, 1.82) is 5.26 Å². The first kappa shape index (κ1) is 20.3. The SMILES string of the molecule is CC(C)(C)[C@H]1CCc2c(sc(NC(=O)Cn3cnc4ccccc4c3=O)c2C#N)C1. The largest absolute Gasteiger partial charge is 0.315 e. The molecule has 6 nitrogen and oxygen atoms in total. The number of hydrogen-bond acceptors (Lipinski definition) is 5. The van der Waals surface area contributed by atoms with Crippen LogP contribution in [-0.4, -0.2) is 15.5 Å². The third kappa shape index (κ3) is 3.75. The molecule has 0 saturated carbocycles. The van der Waals surface area contributed by atoms with Crippen LogP contribution in [0.1, 0.15) is 43.2 Å². The summed E-state index contributed by atoms with van der Waals surface area (Å²) < 4.78 is 1.30. The van der Waals surface area contributed by atoms with Gasteiger partial charge in [0.2, 0.25) is 5.91 Å². The summed E-state index contributed by atoms with van der Waals surface area (Å²) in [7, 11) is 0. The number of amides is 1. The van der Waals surface area contributed by atoms with Crippen LogP contribution in [0.3, 0.4) is 0 Å². The highest BCUT2D eigenvalue weighted by Crippen LogP contribution is 2.43. The highest BCUT2D eigenvalue weighted by molar-refractivity contribution is 7.16. The van der Waals surface area contributed by atoms with Gasteiger partial charge in [-0.05, 0) is 48.3 Å². The molecule has 0 saturated heterocycles. The molecule has 2 aromatic heterocycles. The molecule has 3 aromatic rings. The second-order valence-corrected chi connectivity index (χ2v) is 9.97. The lowest BCUT2D eigenvalue weighted by Gasteiger charge is -2.33. The number of fused-ring (bicyclic) bond motifs is 2. The highest BCUT2D eigenvalue weighted by atomic mass is 32.1. The van der Waals surface area contributed by atoms with Gasteiger partial charge in [0, 0.05) is 4.88 Å². The zero-order valence-corrected chi connectivity index (χ0v) is 18.2. The zero-order chi connectivity index (χ0) is 21.5. The molecule has 1 atom stereocenters. The third-order valence-corrected chi connectivity index (χ3v) is 7.07. The Morgan fingerprint density at radius 2 is 2.13 bits per heavy atom. The van der Waals surface area contributed by atoms with Gasteiger partial charge >= 0.3 is 0 Å². The van der Waals surface area contributed by atoms with Gasteiger partial charge in [-0.25, -0.2) is 4.98 Å². The Kier molecular flexibility index (Phi) is 5.20. The predicted octanol–water partition coefficient (Wildman–Crippen LogP) is 4.12. The van der Waals surface area contributed by atoms with E-state index in [0.717, 1.165) is 24.8 Å². The van der Waals surface area contributed by atoms with E-state index in [1.54, 1.807) is 18.2 Å². The summed E-state index contributed by atoms with van der Waals surface area (Å²) in [6.07, 6.45) is 4.24. The molecular formula is C23H24N4O2S. The van der Waals surface area contributed by atoms with Gasteiger partial charge in [0.1, 0.15) is 17.6 Å². The van der Waals surface area contributed by atoms with Crippen molar-refractivity contribution in [3.8, 4) is 6.07 Å². The molecule has 30 heavy (non-hydrogen) atoms. The lowest BCUT2D eigenvalue weighted by atomic mass is 9.72. The van der Waals surface area contributed by atoms with Crippen molar-refractivity contribution < 1.29 is 4.79 Å². The van der Waals surface area contributed by atoms with Crippen molar-refractivity contribution in [2.75, 3.05) is 5.32 Å². The Morgan fingerprint density at radius 1 is 1.37 bits per heavy atom. The second-order valence-electron chi connectivity index (χ2n) is 8.87. The van der Waals surface area contributed by atoms with Gasteiger partial charge in [-0.1, -0.05) is 32.9 Å². The lowest BCUT2D eigenvalue weighted by molar-refractivity contribution is -0.116. The van der Waals surface area contributed by atoms with Crippen LogP contribution in [0.2, 0.25) is 0 Å². The van der Waals surface area contributed by atoms with Gasteiger partial charge in [-0.15, -0.1) is 11.3 Å². The average molecular weight is 421 g/mol. The first-order chi connectivity index (χ1) is 14.3. The molecule has 1 aliphatic rings. The van der Waals surface area contributed by atoms with Crippen molar-refractivity contribution in [3.63, 3.8) is 0 Å². The molecule has 2 heterocycles. The number of thiophene rings is 1. The van der Waals surface area contributed by atoms with Crippen LogP contribution in [0.15, 0.2) is 35.4 Å². The molecule has 1 aliphatic carbocycles. The van der Waals surface area contributed by atoms with E-state index >= 15 is 0 Å². The van der Waals surface area contributed by atoms with E-state index in [0.29, 0.717) is 27.4 Å². The summed E-state index contributed by atoms with van der Waals surface area (Å²) >= 11 is 1.49. The zero-order valence-electron chi connectivity index (χ0n) is 17.4. The molecular weight excluding hydrogens is 396 g/mol. The van der Waals surface area contributed by atoms with Crippen LogP contribution in [0, 0.1) is 22.7 Å². The van der Waals surface area contributed by atoms with Gasteiger partial charge < -0.3 is 5.32 Å². The molecule has 0 radical (unpaired) electrons. The number of carbonyl (C=O) groups excluding carboxylic acids is 1. The van der Waals surface area contributed by atoms with E-state index in [9.17, 15) is 14.9 Å². The standard InChI is InChI=1S/C23H24N4O2S/c1-23(2,3)14-8-9-15-17(11-24)21(30-19(15)10-14)26-20(28)12-27-13-25-18-7-5-4-6-16(18)22(27)29/h4-7,13-14H,8-10,12H2,1-3H3,(H,26,28)/t14-/m0/s1. The predicted molar refractivity (Wildman–Crippen MR) is 119 cm³/mol. The quantitative estimate of drug-likeness (QED) is 0.690. The van der Waals surface area contributed by atoms with Gasteiger partial charge in [0.25, 0.3) is 5.56 Å². The van der Waals surface area contributed by atoms with Crippen LogP contribution in [0.5, 0.6) is 0 Å². The monoisotopic (exact) mass is 420 g/mol. The average Bonchev–Trinajstić information content (AvgIpc) is 3.05. The van der Waals surface area contributed by atoms with Crippen molar-refractivity contribution in [3.05, 3.63) is 57.0 Å². The van der Waals surface area contributed by atoms with E-state index in [1.807, 2.05) is 6.07 Å². The van der Waals surface area contributed by atoms with E-state index in [4.69, 9.17) is 0 Å². The van der Waals surface area contributed by atoms with Crippen molar-refractivity contribution in [1.82, 2.24) is 9.55 Å². The molecule has 0 fully saturated rings. The molecule has 0 spiro atoms. The summed E-state index contributed by atoms with van der Waals surface area (Å²) in [6, 6.07) is 9.33. The Bertz CT molecular complexity index is 1230. The maximum absolute atomic E-state index is 12.7. The summed E-state index contributed by atoms with van der Waals surface area (Å²) in [6.45, 7) is 6.60. The maximum Gasteiger partial charge on any atom is 0.261 e. The molecule has 1 aromatic carbocycles. The summed E-state index contributed by atoms with van der Waals surface area (Å²) in [5.74, 6) is 0.220. The van der Waals surface area contributed by atoms with E-state index < -0.39 is 0 Å². The molecule has 154 valence electrons. The minimum Gasteiger partial charge on any atom is -0.315 e. The van der Waals surface area contributed by atoms with Crippen molar-refractivity contribution in [2.24, 2.45) is 11.3 Å². The molecule has 0 unspecified atom stereocenters. The second kappa shape index (κ2) is 7.69. The number of nitriles is 1. The maximum atomic E-state index is 12.7. The normalized spacial score (nSPS) is 16.1. The van der Waals surface area contributed by atoms with E-state index in [2.05, 4.69) is 37.1 Å². The Balaban J connectivity index is 1.56. The van der Waals surface area contributed by atoms with E-state index in [1.165, 1.54) is 27.1 Å². The van der Waals surface area contributed by atoms with Crippen LogP contribution >= 0.6 is 11.3 Å². The molecule has 1 amide bonds. The van der Waals surface area contributed by atoms with Gasteiger partial charge in [0.15, 0.2) is 0 Å². The molecule has 7 heteroatoms. The lowest BCUT2D eigenvalue weighted by Crippen LogP contribution is -2.27. The number of benzene rings is 1. The fourth-order valence-electron chi connectivity index (χ4n) is 4.07. The first-order valence-corrected chi connectivity index (χ1v) is 10.9. The van der Waals surface area contributed by atoms with Crippen LogP contribution in [-0.2, 0) is 24.2 Å². The number of nitrogens with zero attached hydrogens (tertiary/aromatic N) is 3. The number of aromatic nitrogens is 2. The number of anilines is 1. The van der Waals surface area contributed by atoms with Crippen molar-refractivity contribution >= 4 is 33.1 Å². The smallest absolute Gasteiger partial charge is 0.261 e. The Labute approximate surface area is 179 Å². The van der Waals surface area contributed by atoms with Crippen LogP contribution in [0.4, 0.5) is 5.00 Å². The topological polar surface area (TPSA) is 87.8 Å². The molecule has 1 N–H and O–H groups in total. The first-order valence-electron chi connectivity index (χ1n) is 10.1. The van der Waals surface area contributed by atoms with Gasteiger partial charge in [0.05, 0.1) is 22.8 Å². The fraction of sp³-hybridized carbons (Fsp3) is 0.391. The Hall–Kier alpha value is -2.98. The number of rotatable bonds is 3. The number of nitrogens with one attached hydrogen (secondary N) is 1. The summed E-state index contributed by atoms with van der Waals surface area (Å²) in [4.78, 5) is 30.7. The minimum absolute atomic E-state index is 0.144. The van der Waals surface area contributed by atoms with Crippen LogP contribution < -0.4 is 10.9 Å². The van der Waals surface area contributed by atoms with Crippen LogP contribution in [0.25, 0.3) is 10.9 Å². The van der Waals surface area contributed by atoms with Gasteiger partial charge in [-0.2, -0.15) is 5.26 Å². The minimum atomic E-state index is -0.336. The molecule has 0 aliphatic heterocycles.